The molecule has 4 aromatic rings. The maximum atomic E-state index is 12.9. The zero-order chi connectivity index (χ0) is 13.5. The number of aromatic nitrogens is 4. The molecule has 0 spiro atoms. The fraction of sp³-hybridized carbons (Fsp3) is 0. The fourth-order valence-electron chi connectivity index (χ4n) is 1.92. The molecule has 0 aliphatic carbocycles. The minimum Gasteiger partial charge on any atom is -0.332 e. The van der Waals surface area contributed by atoms with Gasteiger partial charge in [0.05, 0.1) is 6.20 Å². The Balaban J connectivity index is 1.78. The molecule has 0 radical (unpaired) electrons. The Morgan fingerprint density at radius 2 is 2.05 bits per heavy atom. The van der Waals surface area contributed by atoms with Crippen LogP contribution < -0.4 is 0 Å². The molecular formula is C13H7FN4OS. The van der Waals surface area contributed by atoms with Crippen LogP contribution >= 0.6 is 11.3 Å². The molecule has 0 unspecified atom stereocenters. The second-order valence-electron chi connectivity index (χ2n) is 4.15. The Morgan fingerprint density at radius 3 is 2.90 bits per heavy atom. The predicted octanol–water partition coefficient (Wildman–Crippen LogP) is 3.25. The van der Waals surface area contributed by atoms with E-state index in [2.05, 4.69) is 15.1 Å². The molecule has 0 saturated heterocycles. The van der Waals surface area contributed by atoms with Crippen LogP contribution in [0.4, 0.5) is 4.39 Å². The van der Waals surface area contributed by atoms with Gasteiger partial charge < -0.3 is 4.52 Å². The molecule has 5 nitrogen and oxygen atoms in total. The van der Waals surface area contributed by atoms with Gasteiger partial charge in [-0.2, -0.15) is 4.98 Å². The number of hydrogen-bond acceptors (Lipinski definition) is 5. The smallest absolute Gasteiger partial charge is 0.276 e. The highest BCUT2D eigenvalue weighted by Gasteiger charge is 2.14. The molecule has 3 heterocycles. The molecule has 20 heavy (non-hydrogen) atoms. The van der Waals surface area contributed by atoms with E-state index in [9.17, 15) is 4.39 Å². The molecule has 0 atom stereocenters. The number of nitrogens with zero attached hydrogens (tertiary/aromatic N) is 4. The van der Waals surface area contributed by atoms with Crippen molar-refractivity contribution in [1.82, 2.24) is 19.5 Å². The maximum absolute atomic E-state index is 12.9. The molecule has 1 aromatic carbocycles. The second-order valence-corrected chi connectivity index (χ2v) is 5.04. The fourth-order valence-corrected chi connectivity index (χ4v) is 2.75. The summed E-state index contributed by atoms with van der Waals surface area (Å²) in [5, 5.41) is 5.86. The van der Waals surface area contributed by atoms with E-state index in [1.54, 1.807) is 36.0 Å². The van der Waals surface area contributed by atoms with Gasteiger partial charge in [0.2, 0.25) is 5.82 Å². The summed E-state index contributed by atoms with van der Waals surface area (Å²) >= 11 is 1.55. The van der Waals surface area contributed by atoms with Gasteiger partial charge in [-0.15, -0.1) is 11.3 Å². The summed E-state index contributed by atoms with van der Waals surface area (Å²) in [5.41, 5.74) is 1.50. The quantitative estimate of drug-likeness (QED) is 0.567. The molecule has 0 aliphatic heterocycles. The number of rotatable bonds is 2. The van der Waals surface area contributed by atoms with Gasteiger partial charge in [-0.1, -0.05) is 5.16 Å². The van der Waals surface area contributed by atoms with Crippen molar-refractivity contribution in [1.29, 1.82) is 0 Å². The lowest BCUT2D eigenvalue weighted by molar-refractivity contribution is 0.430. The summed E-state index contributed by atoms with van der Waals surface area (Å²) in [6, 6.07) is 5.96. The van der Waals surface area contributed by atoms with Gasteiger partial charge in [0.25, 0.3) is 5.89 Å². The Bertz CT molecular complexity index is 877. The van der Waals surface area contributed by atoms with Crippen LogP contribution in [-0.2, 0) is 0 Å². The average Bonchev–Trinajstić information content (AvgIpc) is 3.15. The molecule has 98 valence electrons. The van der Waals surface area contributed by atoms with Crippen LogP contribution in [0.25, 0.3) is 27.8 Å². The molecule has 0 saturated carbocycles. The van der Waals surface area contributed by atoms with Gasteiger partial charge in [0, 0.05) is 10.9 Å². The third-order valence-electron chi connectivity index (χ3n) is 2.90. The molecule has 0 fully saturated rings. The maximum Gasteiger partial charge on any atom is 0.276 e. The third-order valence-corrected chi connectivity index (χ3v) is 3.79. The van der Waals surface area contributed by atoms with Gasteiger partial charge in [-0.05, 0) is 24.3 Å². The lowest BCUT2D eigenvalue weighted by Gasteiger charge is -1.92. The van der Waals surface area contributed by atoms with E-state index in [0.717, 1.165) is 10.5 Å². The molecular weight excluding hydrogens is 279 g/mol. The highest BCUT2D eigenvalue weighted by molar-refractivity contribution is 7.15. The highest BCUT2D eigenvalue weighted by Crippen LogP contribution is 2.26. The summed E-state index contributed by atoms with van der Waals surface area (Å²) in [5.74, 6) is 0.545. The Labute approximate surface area is 116 Å². The van der Waals surface area contributed by atoms with E-state index in [1.807, 2.05) is 9.78 Å². The molecule has 0 aliphatic rings. The number of hydrogen-bond donors (Lipinski definition) is 0. The van der Waals surface area contributed by atoms with Crippen LogP contribution in [0.2, 0.25) is 0 Å². The first kappa shape index (κ1) is 11.3. The van der Waals surface area contributed by atoms with E-state index in [4.69, 9.17) is 4.52 Å². The third kappa shape index (κ3) is 1.71. The molecule has 7 heteroatoms. The second kappa shape index (κ2) is 4.24. The van der Waals surface area contributed by atoms with Crippen molar-refractivity contribution in [3.8, 4) is 23.0 Å². The minimum absolute atomic E-state index is 0.296. The number of fused-ring (bicyclic) bond motifs is 1. The summed E-state index contributed by atoms with van der Waals surface area (Å²) < 4.78 is 20.1. The van der Waals surface area contributed by atoms with Gasteiger partial charge >= 0.3 is 0 Å². The van der Waals surface area contributed by atoms with Crippen molar-refractivity contribution in [2.45, 2.75) is 0 Å². The number of thiazole rings is 1. The zero-order valence-corrected chi connectivity index (χ0v) is 10.8. The minimum atomic E-state index is -0.296. The lowest BCUT2D eigenvalue weighted by Crippen LogP contribution is -1.85. The first-order valence-electron chi connectivity index (χ1n) is 5.81. The summed E-state index contributed by atoms with van der Waals surface area (Å²) in [4.78, 5) is 9.41. The van der Waals surface area contributed by atoms with Crippen LogP contribution in [-0.4, -0.2) is 19.5 Å². The molecule has 0 amide bonds. The Hall–Kier alpha value is -2.54. The van der Waals surface area contributed by atoms with Crippen molar-refractivity contribution in [2.75, 3.05) is 0 Å². The SMILES string of the molecule is Fc1ccc(-c2noc(-c3csc4cncn34)n2)cc1. The van der Waals surface area contributed by atoms with E-state index < -0.39 is 0 Å². The van der Waals surface area contributed by atoms with Crippen LogP contribution in [0.3, 0.4) is 0 Å². The Morgan fingerprint density at radius 1 is 1.20 bits per heavy atom. The number of benzene rings is 1. The average molecular weight is 286 g/mol. The van der Waals surface area contributed by atoms with Crippen molar-refractivity contribution < 1.29 is 8.91 Å². The van der Waals surface area contributed by atoms with Crippen LogP contribution in [0, 0.1) is 5.82 Å². The summed E-state index contributed by atoms with van der Waals surface area (Å²) in [7, 11) is 0. The Kier molecular flexibility index (Phi) is 2.40. The van der Waals surface area contributed by atoms with E-state index in [0.29, 0.717) is 17.3 Å². The standard InChI is InChI=1S/C13H7FN4OS/c14-9-3-1-8(2-4-9)12-16-13(19-17-12)10-6-20-11-5-15-7-18(10)11/h1-7H. The van der Waals surface area contributed by atoms with Gasteiger partial charge in [0.1, 0.15) is 22.7 Å². The zero-order valence-electron chi connectivity index (χ0n) is 10.0. The lowest BCUT2D eigenvalue weighted by atomic mass is 10.2. The van der Waals surface area contributed by atoms with Crippen molar-refractivity contribution in [3.05, 3.63) is 48.0 Å². The topological polar surface area (TPSA) is 56.2 Å². The molecule has 0 N–H and O–H groups in total. The molecule has 4 rings (SSSR count). The largest absolute Gasteiger partial charge is 0.332 e. The van der Waals surface area contributed by atoms with Gasteiger partial charge in [-0.25, -0.2) is 9.37 Å². The monoisotopic (exact) mass is 286 g/mol. The molecule has 0 bridgehead atoms. The molecule has 3 aromatic heterocycles. The van der Waals surface area contributed by atoms with E-state index in [-0.39, 0.29) is 5.82 Å². The number of imidazole rings is 1. The predicted molar refractivity (Wildman–Crippen MR) is 71.8 cm³/mol. The van der Waals surface area contributed by atoms with Crippen molar-refractivity contribution >= 4 is 16.2 Å². The van der Waals surface area contributed by atoms with E-state index >= 15 is 0 Å². The normalized spacial score (nSPS) is 11.2. The van der Waals surface area contributed by atoms with Gasteiger partial charge in [-0.3, -0.25) is 4.40 Å². The van der Waals surface area contributed by atoms with Gasteiger partial charge in [0.15, 0.2) is 0 Å². The van der Waals surface area contributed by atoms with Crippen molar-refractivity contribution in [2.24, 2.45) is 0 Å². The first-order chi connectivity index (χ1) is 9.81. The summed E-state index contributed by atoms with van der Waals surface area (Å²) in [6.07, 6.45) is 3.47. The van der Waals surface area contributed by atoms with Crippen LogP contribution in [0.5, 0.6) is 0 Å². The first-order valence-corrected chi connectivity index (χ1v) is 6.69. The van der Waals surface area contributed by atoms with Crippen molar-refractivity contribution in [3.63, 3.8) is 0 Å². The van der Waals surface area contributed by atoms with Crippen LogP contribution in [0.1, 0.15) is 0 Å². The highest BCUT2D eigenvalue weighted by atomic mass is 32.1. The van der Waals surface area contributed by atoms with Crippen LogP contribution in [0.15, 0.2) is 46.7 Å². The number of halogens is 1. The van der Waals surface area contributed by atoms with E-state index in [1.165, 1.54) is 12.1 Å². The summed E-state index contributed by atoms with van der Waals surface area (Å²) in [6.45, 7) is 0.